The van der Waals surface area contributed by atoms with E-state index in [1.807, 2.05) is 0 Å². The Balaban J connectivity index is 1.66. The average Bonchev–Trinajstić information content (AvgIpc) is 3.21. The minimum atomic E-state index is -0.550. The van der Waals surface area contributed by atoms with Crippen molar-refractivity contribution in [2.75, 3.05) is 10.6 Å². The number of anilines is 2. The summed E-state index contributed by atoms with van der Waals surface area (Å²) in [5, 5.41) is 8.31. The van der Waals surface area contributed by atoms with Crippen LogP contribution < -0.4 is 10.6 Å². The zero-order chi connectivity index (χ0) is 14.7. The number of oxazole rings is 1. The summed E-state index contributed by atoms with van der Waals surface area (Å²) >= 11 is 0. The molecule has 0 saturated carbocycles. The quantitative estimate of drug-likeness (QED) is 0.749. The second-order valence-corrected chi connectivity index (χ2v) is 3.81. The normalized spacial score (nSPS) is 10.3. The lowest BCUT2D eigenvalue weighted by Crippen LogP contribution is -2.14. The maximum atomic E-state index is 11.8. The molecule has 0 bridgehead atoms. The summed E-state index contributed by atoms with van der Waals surface area (Å²) in [4.78, 5) is 27.3. The molecular weight excluding hydrogens is 280 g/mol. The summed E-state index contributed by atoms with van der Waals surface area (Å²) in [7, 11) is 0. The van der Waals surface area contributed by atoms with Gasteiger partial charge in [-0.1, -0.05) is 5.16 Å². The van der Waals surface area contributed by atoms with Crippen LogP contribution in [-0.4, -0.2) is 22.0 Å². The predicted molar refractivity (Wildman–Crippen MR) is 67.6 cm³/mol. The van der Waals surface area contributed by atoms with E-state index in [-0.39, 0.29) is 23.3 Å². The van der Waals surface area contributed by atoms with Gasteiger partial charge in [-0.3, -0.25) is 14.9 Å². The van der Waals surface area contributed by atoms with E-state index in [1.54, 1.807) is 6.07 Å². The molecule has 9 heteroatoms. The predicted octanol–water partition coefficient (Wildman–Crippen LogP) is 1.76. The molecule has 2 amide bonds. The Hall–Kier alpha value is -3.36. The Labute approximate surface area is 116 Å². The molecule has 3 aromatic rings. The van der Waals surface area contributed by atoms with Crippen molar-refractivity contribution in [2.45, 2.75) is 0 Å². The van der Waals surface area contributed by atoms with Gasteiger partial charge in [0.05, 0.1) is 6.26 Å². The molecule has 21 heavy (non-hydrogen) atoms. The number of hydrogen-bond acceptors (Lipinski definition) is 7. The third kappa shape index (κ3) is 2.81. The SMILES string of the molecule is O=C(Nc1ccon1)c1coc(NC(=O)c2ccco2)n1. The van der Waals surface area contributed by atoms with Gasteiger partial charge in [0.2, 0.25) is 0 Å². The van der Waals surface area contributed by atoms with Crippen molar-refractivity contribution in [3.8, 4) is 0 Å². The van der Waals surface area contributed by atoms with Gasteiger partial charge in [-0.2, -0.15) is 4.98 Å². The van der Waals surface area contributed by atoms with Crippen LogP contribution in [0.5, 0.6) is 0 Å². The van der Waals surface area contributed by atoms with Gasteiger partial charge < -0.3 is 18.7 Å². The Morgan fingerprint density at radius 1 is 1.05 bits per heavy atom. The van der Waals surface area contributed by atoms with Crippen molar-refractivity contribution >= 4 is 23.6 Å². The first-order chi connectivity index (χ1) is 10.2. The summed E-state index contributed by atoms with van der Waals surface area (Å²) < 4.78 is 14.5. The number of rotatable bonds is 4. The van der Waals surface area contributed by atoms with Crippen molar-refractivity contribution in [2.24, 2.45) is 0 Å². The molecule has 3 aromatic heterocycles. The molecular formula is C12H8N4O5. The molecule has 0 fully saturated rings. The van der Waals surface area contributed by atoms with Gasteiger partial charge >= 0.3 is 6.01 Å². The molecule has 0 spiro atoms. The minimum absolute atomic E-state index is 0.0206. The molecule has 0 aliphatic rings. The van der Waals surface area contributed by atoms with Crippen molar-refractivity contribution in [1.29, 1.82) is 0 Å². The fourth-order valence-electron chi connectivity index (χ4n) is 1.46. The van der Waals surface area contributed by atoms with Crippen LogP contribution in [0.15, 0.2) is 50.3 Å². The van der Waals surface area contributed by atoms with Crippen LogP contribution in [0.2, 0.25) is 0 Å². The van der Waals surface area contributed by atoms with Crippen LogP contribution in [-0.2, 0) is 0 Å². The minimum Gasteiger partial charge on any atom is -0.459 e. The fourth-order valence-corrected chi connectivity index (χ4v) is 1.46. The van der Waals surface area contributed by atoms with E-state index in [1.165, 1.54) is 24.7 Å². The second-order valence-electron chi connectivity index (χ2n) is 3.81. The topological polar surface area (TPSA) is 123 Å². The second kappa shape index (κ2) is 5.33. The zero-order valence-corrected chi connectivity index (χ0v) is 10.4. The lowest BCUT2D eigenvalue weighted by Gasteiger charge is -1.96. The van der Waals surface area contributed by atoms with Gasteiger partial charge in [0, 0.05) is 6.07 Å². The standard InChI is InChI=1S/C12H8N4O5/c17-10(14-9-3-5-21-16-9)7-6-20-12(13-7)15-11(18)8-2-1-4-19-8/h1-6H,(H,13,15,18)(H,14,16,17). The van der Waals surface area contributed by atoms with Gasteiger partial charge in [0.1, 0.15) is 12.5 Å². The first-order valence-electron chi connectivity index (χ1n) is 5.74. The van der Waals surface area contributed by atoms with Crippen LogP contribution in [0.1, 0.15) is 21.0 Å². The van der Waals surface area contributed by atoms with Crippen LogP contribution in [0.3, 0.4) is 0 Å². The summed E-state index contributed by atoms with van der Waals surface area (Å²) in [6.07, 6.45) is 3.78. The molecule has 0 aliphatic carbocycles. The number of nitrogens with zero attached hydrogens (tertiary/aromatic N) is 2. The lowest BCUT2D eigenvalue weighted by atomic mass is 10.4. The number of hydrogen-bond donors (Lipinski definition) is 2. The Morgan fingerprint density at radius 3 is 2.67 bits per heavy atom. The maximum absolute atomic E-state index is 11.8. The van der Waals surface area contributed by atoms with Gasteiger partial charge in [-0.05, 0) is 12.1 Å². The molecule has 3 rings (SSSR count). The summed E-state index contributed by atoms with van der Waals surface area (Å²) in [5.41, 5.74) is -0.0206. The van der Waals surface area contributed by atoms with E-state index in [2.05, 4.69) is 25.3 Å². The number of carbonyl (C=O) groups is 2. The van der Waals surface area contributed by atoms with Crippen LogP contribution in [0.4, 0.5) is 11.8 Å². The molecule has 0 atom stereocenters. The molecule has 0 radical (unpaired) electrons. The fraction of sp³-hybridized carbons (Fsp3) is 0. The number of nitrogens with one attached hydrogen (secondary N) is 2. The van der Waals surface area contributed by atoms with E-state index in [0.717, 1.165) is 6.26 Å². The molecule has 9 nitrogen and oxygen atoms in total. The number of carbonyl (C=O) groups excluding carboxylic acids is 2. The van der Waals surface area contributed by atoms with Crippen LogP contribution in [0.25, 0.3) is 0 Å². The number of furan rings is 1. The highest BCUT2D eigenvalue weighted by Crippen LogP contribution is 2.11. The molecule has 3 heterocycles. The largest absolute Gasteiger partial charge is 0.459 e. The number of aromatic nitrogens is 2. The van der Waals surface area contributed by atoms with Crippen LogP contribution >= 0.6 is 0 Å². The van der Waals surface area contributed by atoms with E-state index < -0.39 is 11.8 Å². The molecule has 106 valence electrons. The maximum Gasteiger partial charge on any atom is 0.302 e. The van der Waals surface area contributed by atoms with E-state index in [4.69, 9.17) is 8.83 Å². The molecule has 0 aromatic carbocycles. The Kier molecular flexibility index (Phi) is 3.21. The first-order valence-corrected chi connectivity index (χ1v) is 5.74. The first kappa shape index (κ1) is 12.7. The third-order valence-corrected chi connectivity index (χ3v) is 2.38. The lowest BCUT2D eigenvalue weighted by molar-refractivity contribution is 0.0990. The number of amides is 2. The highest BCUT2D eigenvalue weighted by atomic mass is 16.5. The van der Waals surface area contributed by atoms with E-state index in [9.17, 15) is 9.59 Å². The average molecular weight is 288 g/mol. The summed E-state index contributed by atoms with van der Waals surface area (Å²) in [6, 6.07) is 4.40. The van der Waals surface area contributed by atoms with Crippen molar-refractivity contribution in [1.82, 2.24) is 10.1 Å². The molecule has 0 aliphatic heterocycles. The highest BCUT2D eigenvalue weighted by molar-refractivity contribution is 6.03. The monoisotopic (exact) mass is 288 g/mol. The zero-order valence-electron chi connectivity index (χ0n) is 10.4. The smallest absolute Gasteiger partial charge is 0.302 e. The summed E-state index contributed by atoms with van der Waals surface area (Å²) in [6.45, 7) is 0. The Bertz CT molecular complexity index is 745. The van der Waals surface area contributed by atoms with Crippen LogP contribution in [0, 0.1) is 0 Å². The van der Waals surface area contributed by atoms with Crippen molar-refractivity contribution < 1.29 is 22.9 Å². The molecule has 0 saturated heterocycles. The third-order valence-electron chi connectivity index (χ3n) is 2.38. The summed E-state index contributed by atoms with van der Waals surface area (Å²) in [5.74, 6) is -0.748. The molecule has 2 N–H and O–H groups in total. The van der Waals surface area contributed by atoms with E-state index in [0.29, 0.717) is 0 Å². The van der Waals surface area contributed by atoms with Gasteiger partial charge in [-0.25, -0.2) is 0 Å². The van der Waals surface area contributed by atoms with Gasteiger partial charge in [0.25, 0.3) is 11.8 Å². The van der Waals surface area contributed by atoms with Crippen molar-refractivity contribution in [3.05, 3.63) is 48.4 Å². The van der Waals surface area contributed by atoms with Gasteiger partial charge in [0.15, 0.2) is 17.3 Å². The van der Waals surface area contributed by atoms with Gasteiger partial charge in [-0.15, -0.1) is 0 Å². The Morgan fingerprint density at radius 2 is 1.95 bits per heavy atom. The highest BCUT2D eigenvalue weighted by Gasteiger charge is 2.16. The van der Waals surface area contributed by atoms with Crippen molar-refractivity contribution in [3.63, 3.8) is 0 Å². The molecule has 0 unspecified atom stereocenters. The van der Waals surface area contributed by atoms with E-state index >= 15 is 0 Å².